The molecule has 0 aromatic carbocycles. The molecule has 1 saturated carbocycles. The Balaban J connectivity index is 2.56. The van der Waals surface area contributed by atoms with Crippen LogP contribution < -0.4 is 0 Å². The molecule has 0 aromatic heterocycles. The van der Waals surface area contributed by atoms with Gasteiger partial charge >= 0.3 is 0 Å². The van der Waals surface area contributed by atoms with Crippen LogP contribution in [-0.2, 0) is 9.84 Å². The second-order valence-corrected chi connectivity index (χ2v) is 7.49. The van der Waals surface area contributed by atoms with Crippen LogP contribution in [0.5, 0.6) is 0 Å². The Bertz CT molecular complexity index is 264. The topological polar surface area (TPSA) is 34.1 Å². The van der Waals surface area contributed by atoms with Crippen LogP contribution in [0.15, 0.2) is 0 Å². The van der Waals surface area contributed by atoms with Crippen molar-refractivity contribution in [2.45, 2.75) is 50.7 Å². The Morgan fingerprint density at radius 1 is 1.27 bits per heavy atom. The summed E-state index contributed by atoms with van der Waals surface area (Å²) in [7, 11) is -2.84. The molecule has 15 heavy (non-hydrogen) atoms. The van der Waals surface area contributed by atoms with Gasteiger partial charge in [0.2, 0.25) is 0 Å². The molecule has 1 aliphatic carbocycles. The van der Waals surface area contributed by atoms with Crippen molar-refractivity contribution in [3.8, 4) is 0 Å². The van der Waals surface area contributed by atoms with Gasteiger partial charge in [0, 0.05) is 5.33 Å². The highest BCUT2D eigenvalue weighted by atomic mass is 79.9. The third-order valence-corrected chi connectivity index (χ3v) is 6.66. The minimum Gasteiger partial charge on any atom is -0.229 e. The molecule has 2 nitrogen and oxygen atoms in total. The first-order valence-electron chi connectivity index (χ1n) is 5.87. The summed E-state index contributed by atoms with van der Waals surface area (Å²) in [5.74, 6) is 0.663. The summed E-state index contributed by atoms with van der Waals surface area (Å²) in [4.78, 5) is 0. The van der Waals surface area contributed by atoms with E-state index in [0.717, 1.165) is 37.4 Å². The van der Waals surface area contributed by atoms with Gasteiger partial charge in [-0.25, -0.2) is 8.42 Å². The second kappa shape index (κ2) is 6.24. The van der Waals surface area contributed by atoms with E-state index >= 15 is 0 Å². The maximum Gasteiger partial charge on any atom is 0.153 e. The molecule has 1 atom stereocenters. The number of rotatable bonds is 5. The third-order valence-electron chi connectivity index (χ3n) is 3.32. The van der Waals surface area contributed by atoms with Crippen molar-refractivity contribution in [1.29, 1.82) is 0 Å². The molecule has 0 aliphatic heterocycles. The highest BCUT2D eigenvalue weighted by molar-refractivity contribution is 9.09. The van der Waals surface area contributed by atoms with Crippen LogP contribution in [0, 0.1) is 5.92 Å². The Hall–Kier alpha value is 0.430. The van der Waals surface area contributed by atoms with E-state index in [0.29, 0.717) is 5.75 Å². The van der Waals surface area contributed by atoms with Crippen LogP contribution >= 0.6 is 15.9 Å². The molecular weight excluding hydrogens is 276 g/mol. The predicted octanol–water partition coefficient (Wildman–Crippen LogP) is 3.16. The Kier molecular flexibility index (Phi) is 5.61. The van der Waals surface area contributed by atoms with E-state index in [2.05, 4.69) is 22.9 Å². The van der Waals surface area contributed by atoms with Crippen molar-refractivity contribution in [3.63, 3.8) is 0 Å². The molecule has 90 valence electrons. The molecule has 0 spiro atoms. The van der Waals surface area contributed by atoms with Crippen molar-refractivity contribution in [2.75, 3.05) is 11.1 Å². The van der Waals surface area contributed by atoms with E-state index < -0.39 is 9.84 Å². The predicted molar refractivity (Wildman–Crippen MR) is 68.2 cm³/mol. The summed E-state index contributed by atoms with van der Waals surface area (Å²) >= 11 is 3.39. The minimum absolute atomic E-state index is 0.0423. The van der Waals surface area contributed by atoms with Crippen LogP contribution in [0.2, 0.25) is 0 Å². The van der Waals surface area contributed by atoms with Crippen molar-refractivity contribution in [2.24, 2.45) is 5.92 Å². The normalized spacial score (nSPS) is 21.5. The number of sulfone groups is 1. The van der Waals surface area contributed by atoms with E-state index in [9.17, 15) is 8.42 Å². The van der Waals surface area contributed by atoms with Crippen LogP contribution in [0.3, 0.4) is 0 Å². The van der Waals surface area contributed by atoms with E-state index in [1.54, 1.807) is 0 Å². The van der Waals surface area contributed by atoms with Gasteiger partial charge in [0.05, 0.1) is 11.0 Å². The van der Waals surface area contributed by atoms with Crippen molar-refractivity contribution >= 4 is 25.8 Å². The van der Waals surface area contributed by atoms with Gasteiger partial charge in [0.1, 0.15) is 0 Å². The maximum atomic E-state index is 12.1. The van der Waals surface area contributed by atoms with Crippen molar-refractivity contribution in [1.82, 2.24) is 0 Å². The number of halogens is 1. The average Bonchev–Trinajstić information content (AvgIpc) is 2.27. The fraction of sp³-hybridized carbons (Fsp3) is 1.00. The molecule has 1 rings (SSSR count). The lowest BCUT2D eigenvalue weighted by Gasteiger charge is -2.23. The van der Waals surface area contributed by atoms with Gasteiger partial charge < -0.3 is 0 Å². The minimum atomic E-state index is -2.84. The standard InChI is InChI=1S/C11H21BrO2S/c1-2-10(8-12)9-15(13,14)11-6-4-3-5-7-11/h10-11H,2-9H2,1H3. The fourth-order valence-corrected chi connectivity index (χ4v) is 5.48. The SMILES string of the molecule is CCC(CBr)CS(=O)(=O)C1CCCCC1. The van der Waals surface area contributed by atoms with Gasteiger partial charge in [0.15, 0.2) is 9.84 Å². The highest BCUT2D eigenvalue weighted by Crippen LogP contribution is 2.26. The first kappa shape index (κ1) is 13.5. The molecule has 1 unspecified atom stereocenters. The molecule has 0 aromatic rings. The lowest BCUT2D eigenvalue weighted by atomic mass is 10.0. The third kappa shape index (κ3) is 4.06. The summed E-state index contributed by atoms with van der Waals surface area (Å²) in [6.45, 7) is 2.06. The molecule has 0 bridgehead atoms. The second-order valence-electron chi connectivity index (χ2n) is 4.52. The molecule has 1 fully saturated rings. The number of hydrogen-bond acceptors (Lipinski definition) is 2. The summed E-state index contributed by atoms with van der Waals surface area (Å²) in [6.07, 6.45) is 6.12. The molecule has 0 amide bonds. The molecular formula is C11H21BrO2S. The zero-order chi connectivity index (χ0) is 11.3. The molecule has 0 heterocycles. The molecule has 0 saturated heterocycles. The van der Waals surface area contributed by atoms with E-state index in [-0.39, 0.29) is 11.2 Å². The maximum absolute atomic E-state index is 12.1. The monoisotopic (exact) mass is 296 g/mol. The molecule has 4 heteroatoms. The van der Waals surface area contributed by atoms with Crippen molar-refractivity contribution in [3.05, 3.63) is 0 Å². The Morgan fingerprint density at radius 3 is 2.33 bits per heavy atom. The highest BCUT2D eigenvalue weighted by Gasteiger charge is 2.28. The van der Waals surface area contributed by atoms with E-state index in [1.807, 2.05) is 0 Å². The van der Waals surface area contributed by atoms with Crippen molar-refractivity contribution < 1.29 is 8.42 Å². The fourth-order valence-electron chi connectivity index (χ4n) is 2.16. The van der Waals surface area contributed by atoms with Crippen LogP contribution in [-0.4, -0.2) is 24.8 Å². The molecule has 0 N–H and O–H groups in total. The zero-order valence-corrected chi connectivity index (χ0v) is 11.8. The molecule has 0 radical (unpaired) electrons. The first-order valence-corrected chi connectivity index (χ1v) is 8.71. The van der Waals surface area contributed by atoms with Gasteiger partial charge in [-0.05, 0) is 18.8 Å². The molecule has 1 aliphatic rings. The van der Waals surface area contributed by atoms with Gasteiger partial charge in [-0.1, -0.05) is 48.5 Å². The smallest absolute Gasteiger partial charge is 0.153 e. The van der Waals surface area contributed by atoms with Gasteiger partial charge in [0.25, 0.3) is 0 Å². The summed E-state index contributed by atoms with van der Waals surface area (Å²) in [6, 6.07) is 0. The van der Waals surface area contributed by atoms with E-state index in [4.69, 9.17) is 0 Å². The van der Waals surface area contributed by atoms with Crippen LogP contribution in [0.25, 0.3) is 0 Å². The summed E-state index contributed by atoms with van der Waals surface area (Å²) < 4.78 is 24.2. The summed E-state index contributed by atoms with van der Waals surface area (Å²) in [5.41, 5.74) is 0. The Labute approximate surface area is 102 Å². The largest absolute Gasteiger partial charge is 0.229 e. The summed E-state index contributed by atoms with van der Waals surface area (Å²) in [5, 5.41) is 0.759. The lowest BCUT2D eigenvalue weighted by Crippen LogP contribution is -2.29. The first-order chi connectivity index (χ1) is 7.10. The zero-order valence-electron chi connectivity index (χ0n) is 9.41. The van der Waals surface area contributed by atoms with Crippen LogP contribution in [0.1, 0.15) is 45.4 Å². The lowest BCUT2D eigenvalue weighted by molar-refractivity contribution is 0.477. The number of alkyl halides is 1. The Morgan fingerprint density at radius 2 is 1.87 bits per heavy atom. The van der Waals surface area contributed by atoms with E-state index in [1.165, 1.54) is 6.42 Å². The van der Waals surface area contributed by atoms with Gasteiger partial charge in [-0.2, -0.15) is 0 Å². The van der Waals surface area contributed by atoms with Gasteiger partial charge in [-0.15, -0.1) is 0 Å². The quantitative estimate of drug-likeness (QED) is 0.731. The average molecular weight is 297 g/mol. The van der Waals surface area contributed by atoms with Crippen LogP contribution in [0.4, 0.5) is 0 Å². The number of hydrogen-bond donors (Lipinski definition) is 0. The van der Waals surface area contributed by atoms with Gasteiger partial charge in [-0.3, -0.25) is 0 Å².